The van der Waals surface area contributed by atoms with Gasteiger partial charge in [0.1, 0.15) is 0 Å². The maximum Gasteiger partial charge on any atom is 0.0471 e. The number of rotatable bonds is 3. The zero-order valence-corrected chi connectivity index (χ0v) is 12.1. The van der Waals surface area contributed by atoms with Gasteiger partial charge in [-0.3, -0.25) is 0 Å². The lowest BCUT2D eigenvalue weighted by Crippen LogP contribution is -2.39. The van der Waals surface area contributed by atoms with Crippen LogP contribution in [0.3, 0.4) is 0 Å². The first-order chi connectivity index (χ1) is 8.65. The molecule has 2 rings (SSSR count). The van der Waals surface area contributed by atoms with Crippen molar-refractivity contribution in [2.75, 3.05) is 11.9 Å². The first-order valence-electron chi connectivity index (χ1n) is 6.85. The third-order valence-corrected chi connectivity index (χ3v) is 4.60. The molecule has 2 unspecified atom stereocenters. The van der Waals surface area contributed by atoms with E-state index >= 15 is 0 Å². The monoisotopic (exact) mass is 266 g/mol. The zero-order valence-electron chi connectivity index (χ0n) is 11.3. The van der Waals surface area contributed by atoms with Crippen molar-refractivity contribution in [3.8, 4) is 0 Å². The second kappa shape index (κ2) is 5.94. The van der Waals surface area contributed by atoms with Gasteiger partial charge in [0.2, 0.25) is 0 Å². The number of hydrogen-bond acceptors (Lipinski definition) is 2. The van der Waals surface area contributed by atoms with Crippen molar-refractivity contribution in [3.63, 3.8) is 0 Å². The zero-order chi connectivity index (χ0) is 13.1. The molecule has 3 heteroatoms. The predicted octanol–water partition coefficient (Wildman–Crippen LogP) is 3.81. The van der Waals surface area contributed by atoms with Gasteiger partial charge in [0.05, 0.1) is 0 Å². The lowest BCUT2D eigenvalue weighted by Gasteiger charge is -2.38. The smallest absolute Gasteiger partial charge is 0.0471 e. The van der Waals surface area contributed by atoms with E-state index < -0.39 is 0 Å². The minimum Gasteiger partial charge on any atom is -0.371 e. The Morgan fingerprint density at radius 2 is 2.06 bits per heavy atom. The van der Waals surface area contributed by atoms with Gasteiger partial charge in [-0.1, -0.05) is 37.4 Å². The van der Waals surface area contributed by atoms with E-state index in [1.807, 2.05) is 12.1 Å². The average molecular weight is 267 g/mol. The summed E-state index contributed by atoms with van der Waals surface area (Å²) in [5.74, 6) is 0.744. The first-order valence-corrected chi connectivity index (χ1v) is 7.23. The second-order valence-electron chi connectivity index (χ2n) is 5.38. The standard InChI is InChI=1S/C15H23ClN2/c1-11-6-3-4-8-14(11)18(2)15-9-5-7-13(16)12(15)10-17/h5,7,9,11,14H,3-4,6,8,10,17H2,1-2H3. The maximum absolute atomic E-state index is 6.24. The summed E-state index contributed by atoms with van der Waals surface area (Å²) in [5.41, 5.74) is 8.11. The van der Waals surface area contributed by atoms with Crippen LogP contribution in [-0.2, 0) is 6.54 Å². The summed E-state index contributed by atoms with van der Waals surface area (Å²) in [4.78, 5) is 2.39. The molecule has 1 fully saturated rings. The van der Waals surface area contributed by atoms with Gasteiger partial charge in [0.25, 0.3) is 0 Å². The van der Waals surface area contributed by atoms with Gasteiger partial charge >= 0.3 is 0 Å². The molecule has 18 heavy (non-hydrogen) atoms. The lowest BCUT2D eigenvalue weighted by molar-refractivity contribution is 0.321. The van der Waals surface area contributed by atoms with Crippen molar-refractivity contribution in [1.82, 2.24) is 0 Å². The van der Waals surface area contributed by atoms with E-state index in [-0.39, 0.29) is 0 Å². The van der Waals surface area contributed by atoms with E-state index in [2.05, 4.69) is 24.9 Å². The van der Waals surface area contributed by atoms with Crippen LogP contribution in [0, 0.1) is 5.92 Å². The molecule has 100 valence electrons. The van der Waals surface area contributed by atoms with Crippen molar-refractivity contribution in [2.45, 2.75) is 45.2 Å². The number of anilines is 1. The Kier molecular flexibility index (Phi) is 4.52. The Labute approximate surface area is 115 Å². The van der Waals surface area contributed by atoms with E-state index in [1.54, 1.807) is 0 Å². The largest absolute Gasteiger partial charge is 0.371 e. The van der Waals surface area contributed by atoms with Crippen molar-refractivity contribution in [1.29, 1.82) is 0 Å². The number of hydrogen-bond donors (Lipinski definition) is 1. The van der Waals surface area contributed by atoms with Gasteiger partial charge in [-0.15, -0.1) is 0 Å². The highest BCUT2D eigenvalue weighted by atomic mass is 35.5. The highest BCUT2D eigenvalue weighted by molar-refractivity contribution is 6.31. The third kappa shape index (κ3) is 2.65. The Bertz CT molecular complexity index is 405. The summed E-state index contributed by atoms with van der Waals surface area (Å²) < 4.78 is 0. The summed E-state index contributed by atoms with van der Waals surface area (Å²) in [6.45, 7) is 2.85. The van der Waals surface area contributed by atoms with Gasteiger partial charge < -0.3 is 10.6 Å². The minimum atomic E-state index is 0.500. The highest BCUT2D eigenvalue weighted by Crippen LogP contribution is 2.33. The Morgan fingerprint density at radius 1 is 1.33 bits per heavy atom. The molecule has 0 heterocycles. The molecule has 1 aliphatic rings. The van der Waals surface area contributed by atoms with E-state index in [0.29, 0.717) is 12.6 Å². The second-order valence-corrected chi connectivity index (χ2v) is 5.79. The Morgan fingerprint density at radius 3 is 2.72 bits per heavy atom. The molecule has 1 saturated carbocycles. The van der Waals surface area contributed by atoms with Crippen LogP contribution in [0.25, 0.3) is 0 Å². The van der Waals surface area contributed by atoms with Crippen LogP contribution in [-0.4, -0.2) is 13.1 Å². The molecule has 1 aliphatic carbocycles. The van der Waals surface area contributed by atoms with Crippen LogP contribution in [0.15, 0.2) is 18.2 Å². The summed E-state index contributed by atoms with van der Waals surface area (Å²) in [5, 5.41) is 0.783. The summed E-state index contributed by atoms with van der Waals surface area (Å²) >= 11 is 6.24. The summed E-state index contributed by atoms with van der Waals surface area (Å²) in [7, 11) is 2.18. The quantitative estimate of drug-likeness (QED) is 0.901. The fraction of sp³-hybridized carbons (Fsp3) is 0.600. The van der Waals surface area contributed by atoms with Crippen LogP contribution in [0.2, 0.25) is 5.02 Å². The van der Waals surface area contributed by atoms with Crippen molar-refractivity contribution in [3.05, 3.63) is 28.8 Å². The minimum absolute atomic E-state index is 0.500. The van der Waals surface area contributed by atoms with Gasteiger partial charge in [-0.2, -0.15) is 0 Å². The van der Waals surface area contributed by atoms with Crippen LogP contribution >= 0.6 is 11.6 Å². The van der Waals surface area contributed by atoms with Crippen LogP contribution in [0.1, 0.15) is 38.2 Å². The first kappa shape index (κ1) is 13.7. The van der Waals surface area contributed by atoms with Crippen molar-refractivity contribution < 1.29 is 0 Å². The summed E-state index contributed by atoms with van der Waals surface area (Å²) in [6, 6.07) is 6.68. The molecule has 0 aromatic heterocycles. The van der Waals surface area contributed by atoms with E-state index in [4.69, 9.17) is 17.3 Å². The number of nitrogens with zero attached hydrogens (tertiary/aromatic N) is 1. The summed E-state index contributed by atoms with van der Waals surface area (Å²) in [6.07, 6.45) is 5.30. The SMILES string of the molecule is CC1CCCCC1N(C)c1cccc(Cl)c1CN. The van der Waals surface area contributed by atoms with Crippen molar-refractivity contribution >= 4 is 17.3 Å². The molecule has 0 saturated heterocycles. The number of benzene rings is 1. The van der Waals surface area contributed by atoms with E-state index in [1.165, 1.54) is 31.4 Å². The predicted molar refractivity (Wildman–Crippen MR) is 79.2 cm³/mol. The van der Waals surface area contributed by atoms with Crippen LogP contribution in [0.5, 0.6) is 0 Å². The molecule has 0 aliphatic heterocycles. The fourth-order valence-electron chi connectivity index (χ4n) is 3.13. The Hall–Kier alpha value is -0.730. The van der Waals surface area contributed by atoms with E-state index in [9.17, 15) is 0 Å². The third-order valence-electron chi connectivity index (χ3n) is 4.24. The molecule has 2 N–H and O–H groups in total. The molecule has 2 atom stereocenters. The van der Waals surface area contributed by atoms with E-state index in [0.717, 1.165) is 16.5 Å². The Balaban J connectivity index is 2.27. The molecule has 0 bridgehead atoms. The normalized spacial score (nSPS) is 24.0. The number of nitrogens with two attached hydrogens (primary N) is 1. The molecule has 1 aromatic carbocycles. The van der Waals surface area contributed by atoms with Crippen LogP contribution < -0.4 is 10.6 Å². The van der Waals surface area contributed by atoms with Gasteiger partial charge in [-0.05, 0) is 30.9 Å². The molecule has 0 radical (unpaired) electrons. The van der Waals surface area contributed by atoms with Gasteiger partial charge in [-0.25, -0.2) is 0 Å². The van der Waals surface area contributed by atoms with Gasteiger partial charge in [0.15, 0.2) is 0 Å². The topological polar surface area (TPSA) is 29.3 Å². The lowest BCUT2D eigenvalue weighted by atomic mass is 9.84. The molecule has 0 amide bonds. The average Bonchev–Trinajstić information content (AvgIpc) is 2.38. The molecular weight excluding hydrogens is 244 g/mol. The molecule has 2 nitrogen and oxygen atoms in total. The van der Waals surface area contributed by atoms with Crippen molar-refractivity contribution in [2.24, 2.45) is 11.7 Å². The maximum atomic E-state index is 6.24. The van der Waals surface area contributed by atoms with Crippen LogP contribution in [0.4, 0.5) is 5.69 Å². The number of halogens is 1. The van der Waals surface area contributed by atoms with Gasteiger partial charge in [0, 0.05) is 35.9 Å². The fourth-order valence-corrected chi connectivity index (χ4v) is 3.38. The highest BCUT2D eigenvalue weighted by Gasteiger charge is 2.26. The molecule has 1 aromatic rings. The molecule has 0 spiro atoms. The molecular formula is C15H23ClN2.